The first-order chi connectivity index (χ1) is 14.5. The van der Waals surface area contributed by atoms with E-state index >= 15 is 0 Å². The molecule has 1 saturated heterocycles. The number of piperidine rings is 1. The molecule has 3 aromatic rings. The molecule has 2 heterocycles. The molecular weight excluding hydrogens is 407 g/mol. The third-order valence-corrected chi connectivity index (χ3v) is 5.58. The Bertz CT molecular complexity index is 1030. The number of nitrogens with zero attached hydrogens (tertiary/aromatic N) is 3. The highest BCUT2D eigenvalue weighted by molar-refractivity contribution is 6.31. The van der Waals surface area contributed by atoms with Crippen LogP contribution >= 0.6 is 11.6 Å². The third kappa shape index (κ3) is 4.86. The van der Waals surface area contributed by atoms with Crippen LogP contribution in [0.15, 0.2) is 47.0 Å². The van der Waals surface area contributed by atoms with Gasteiger partial charge in [0.15, 0.2) is 5.82 Å². The van der Waals surface area contributed by atoms with Crippen molar-refractivity contribution in [2.75, 3.05) is 18.4 Å². The highest BCUT2D eigenvalue weighted by atomic mass is 35.5. The predicted octanol–water partition coefficient (Wildman–Crippen LogP) is 4.69. The molecule has 1 aliphatic heterocycles. The smallest absolute Gasteiger partial charge is 0.257 e. The Morgan fingerprint density at radius 1 is 1.23 bits per heavy atom. The number of carbonyl (C=O) groups excluding carboxylic acids is 1. The maximum absolute atomic E-state index is 13.1. The van der Waals surface area contributed by atoms with Gasteiger partial charge in [0.1, 0.15) is 5.82 Å². The number of halogens is 2. The maximum Gasteiger partial charge on any atom is 0.257 e. The molecule has 1 fully saturated rings. The SMILES string of the molecule is Cc1ccc(Cl)cc1NC(=O)C1CCN(Cc2noc(-c3ccc(F)cc3)n2)CC1. The van der Waals surface area contributed by atoms with E-state index in [1.54, 1.807) is 18.2 Å². The van der Waals surface area contributed by atoms with Gasteiger partial charge in [-0.2, -0.15) is 4.98 Å². The number of anilines is 1. The van der Waals surface area contributed by atoms with Gasteiger partial charge >= 0.3 is 0 Å². The van der Waals surface area contributed by atoms with Crippen LogP contribution in [0.1, 0.15) is 24.2 Å². The van der Waals surface area contributed by atoms with Crippen LogP contribution in [0.2, 0.25) is 5.02 Å². The molecule has 0 spiro atoms. The largest absolute Gasteiger partial charge is 0.334 e. The molecule has 0 bridgehead atoms. The van der Waals surface area contributed by atoms with Crippen molar-refractivity contribution >= 4 is 23.2 Å². The molecule has 156 valence electrons. The van der Waals surface area contributed by atoms with Gasteiger partial charge in [0.05, 0.1) is 6.54 Å². The van der Waals surface area contributed by atoms with Gasteiger partial charge in [-0.1, -0.05) is 22.8 Å². The fourth-order valence-corrected chi connectivity index (χ4v) is 3.72. The van der Waals surface area contributed by atoms with E-state index in [0.29, 0.717) is 28.8 Å². The Morgan fingerprint density at radius 3 is 2.70 bits per heavy atom. The van der Waals surface area contributed by atoms with E-state index in [2.05, 4.69) is 20.4 Å². The first kappa shape index (κ1) is 20.5. The number of aryl methyl sites for hydroxylation is 1. The van der Waals surface area contributed by atoms with Crippen LogP contribution in [0, 0.1) is 18.7 Å². The molecule has 30 heavy (non-hydrogen) atoms. The lowest BCUT2D eigenvalue weighted by atomic mass is 9.95. The Morgan fingerprint density at radius 2 is 1.97 bits per heavy atom. The normalized spacial score (nSPS) is 15.3. The molecule has 4 rings (SSSR count). The second-order valence-corrected chi connectivity index (χ2v) is 7.96. The highest BCUT2D eigenvalue weighted by Gasteiger charge is 2.26. The van der Waals surface area contributed by atoms with E-state index in [4.69, 9.17) is 16.1 Å². The van der Waals surface area contributed by atoms with E-state index in [1.165, 1.54) is 12.1 Å². The molecule has 0 radical (unpaired) electrons. The Labute approximate surface area is 179 Å². The minimum absolute atomic E-state index is 0.0261. The number of aromatic nitrogens is 2. The van der Waals surface area contributed by atoms with Gasteiger partial charge in [0.2, 0.25) is 5.91 Å². The molecule has 6 nitrogen and oxygen atoms in total. The summed E-state index contributed by atoms with van der Waals surface area (Å²) in [5, 5.41) is 7.63. The van der Waals surface area contributed by atoms with E-state index < -0.39 is 0 Å². The van der Waals surface area contributed by atoms with Crippen molar-refractivity contribution in [1.82, 2.24) is 15.0 Å². The van der Waals surface area contributed by atoms with Crippen LogP contribution in [0.5, 0.6) is 0 Å². The van der Waals surface area contributed by atoms with Crippen LogP contribution in [-0.4, -0.2) is 34.0 Å². The molecule has 1 amide bonds. The number of carbonyl (C=O) groups is 1. The molecule has 1 aromatic heterocycles. The summed E-state index contributed by atoms with van der Waals surface area (Å²) in [6, 6.07) is 11.4. The third-order valence-electron chi connectivity index (χ3n) is 5.34. The summed E-state index contributed by atoms with van der Waals surface area (Å²) in [5.41, 5.74) is 2.43. The Balaban J connectivity index is 1.30. The topological polar surface area (TPSA) is 71.3 Å². The zero-order valence-electron chi connectivity index (χ0n) is 16.6. The van der Waals surface area contributed by atoms with Crippen molar-refractivity contribution in [3.05, 3.63) is 64.7 Å². The second kappa shape index (κ2) is 8.93. The summed E-state index contributed by atoms with van der Waals surface area (Å²) >= 11 is 6.04. The van der Waals surface area contributed by atoms with Gasteiger partial charge in [-0.25, -0.2) is 4.39 Å². The first-order valence-corrected chi connectivity index (χ1v) is 10.2. The molecule has 1 aliphatic rings. The number of rotatable bonds is 5. The monoisotopic (exact) mass is 428 g/mol. The zero-order valence-corrected chi connectivity index (χ0v) is 17.3. The van der Waals surface area contributed by atoms with Crippen molar-refractivity contribution in [2.24, 2.45) is 5.92 Å². The molecule has 1 N–H and O–H groups in total. The van der Waals surface area contributed by atoms with Crippen LogP contribution in [0.4, 0.5) is 10.1 Å². The Kier molecular flexibility index (Phi) is 6.11. The first-order valence-electron chi connectivity index (χ1n) is 9.86. The number of hydrogen-bond acceptors (Lipinski definition) is 5. The predicted molar refractivity (Wildman–Crippen MR) is 113 cm³/mol. The fraction of sp³-hybridized carbons (Fsp3) is 0.318. The Hall–Kier alpha value is -2.77. The molecule has 2 aromatic carbocycles. The van der Waals surface area contributed by atoms with Gasteiger partial charge in [-0.05, 0) is 74.8 Å². The number of nitrogens with one attached hydrogen (secondary N) is 1. The van der Waals surface area contributed by atoms with E-state index in [9.17, 15) is 9.18 Å². The molecular formula is C22H22ClFN4O2. The number of amides is 1. The molecule has 0 unspecified atom stereocenters. The summed E-state index contributed by atoms with van der Waals surface area (Å²) in [6.07, 6.45) is 1.52. The molecule has 0 aliphatic carbocycles. The standard InChI is InChI=1S/C22H22ClFN4O2/c1-14-2-5-17(23)12-19(14)25-21(29)15-8-10-28(11-9-15)13-20-26-22(30-27-20)16-3-6-18(24)7-4-16/h2-7,12,15H,8-11,13H2,1H3,(H,25,29). The summed E-state index contributed by atoms with van der Waals surface area (Å²) in [5.74, 6) is 0.622. The van der Waals surface area contributed by atoms with Crippen LogP contribution in [-0.2, 0) is 11.3 Å². The second-order valence-electron chi connectivity index (χ2n) is 7.52. The van der Waals surface area contributed by atoms with Crippen molar-refractivity contribution in [1.29, 1.82) is 0 Å². The summed E-state index contributed by atoms with van der Waals surface area (Å²) < 4.78 is 18.4. The summed E-state index contributed by atoms with van der Waals surface area (Å²) in [7, 11) is 0. The minimum atomic E-state index is -0.309. The molecule has 0 atom stereocenters. The van der Waals surface area contributed by atoms with Crippen molar-refractivity contribution in [3.63, 3.8) is 0 Å². The average molecular weight is 429 g/mol. The summed E-state index contributed by atoms with van der Waals surface area (Å²) in [6.45, 7) is 4.03. The minimum Gasteiger partial charge on any atom is -0.334 e. The van der Waals surface area contributed by atoms with Crippen LogP contribution in [0.25, 0.3) is 11.5 Å². The quantitative estimate of drug-likeness (QED) is 0.638. The van der Waals surface area contributed by atoms with Gasteiger partial charge in [-0.15, -0.1) is 0 Å². The van der Waals surface area contributed by atoms with Crippen molar-refractivity contribution in [3.8, 4) is 11.5 Å². The summed E-state index contributed by atoms with van der Waals surface area (Å²) in [4.78, 5) is 19.2. The zero-order chi connectivity index (χ0) is 21.1. The van der Waals surface area contributed by atoms with Crippen LogP contribution in [0.3, 0.4) is 0 Å². The fourth-order valence-electron chi connectivity index (χ4n) is 3.54. The van der Waals surface area contributed by atoms with Gasteiger partial charge in [0, 0.05) is 22.2 Å². The van der Waals surface area contributed by atoms with E-state index in [1.807, 2.05) is 19.1 Å². The lowest BCUT2D eigenvalue weighted by Crippen LogP contribution is -2.38. The number of benzene rings is 2. The number of likely N-dealkylation sites (tertiary alicyclic amines) is 1. The van der Waals surface area contributed by atoms with Crippen molar-refractivity contribution in [2.45, 2.75) is 26.3 Å². The number of hydrogen-bond donors (Lipinski definition) is 1. The van der Waals surface area contributed by atoms with E-state index in [-0.39, 0.29) is 17.6 Å². The average Bonchev–Trinajstić information content (AvgIpc) is 3.20. The maximum atomic E-state index is 13.1. The lowest BCUT2D eigenvalue weighted by Gasteiger charge is -2.30. The molecule has 0 saturated carbocycles. The van der Waals surface area contributed by atoms with Crippen molar-refractivity contribution < 1.29 is 13.7 Å². The van der Waals surface area contributed by atoms with Gasteiger partial charge < -0.3 is 9.84 Å². The molecule has 8 heteroatoms. The van der Waals surface area contributed by atoms with E-state index in [0.717, 1.165) is 37.2 Å². The lowest BCUT2D eigenvalue weighted by molar-refractivity contribution is -0.121. The van der Waals surface area contributed by atoms with Crippen LogP contribution < -0.4 is 5.32 Å². The highest BCUT2D eigenvalue weighted by Crippen LogP contribution is 2.24. The van der Waals surface area contributed by atoms with Gasteiger partial charge in [-0.3, -0.25) is 9.69 Å². The van der Waals surface area contributed by atoms with Gasteiger partial charge in [0.25, 0.3) is 5.89 Å².